The van der Waals surface area contributed by atoms with Gasteiger partial charge in [0.25, 0.3) is 0 Å². The molecule has 2 aromatic rings. The van der Waals surface area contributed by atoms with Crippen molar-refractivity contribution in [2.24, 2.45) is 0 Å². The predicted octanol–water partition coefficient (Wildman–Crippen LogP) is 5.03. The van der Waals surface area contributed by atoms with Crippen LogP contribution in [-0.2, 0) is 18.4 Å². The summed E-state index contributed by atoms with van der Waals surface area (Å²) < 4.78 is 0. The lowest BCUT2D eigenvalue weighted by atomic mass is 9.87. The van der Waals surface area contributed by atoms with Gasteiger partial charge in [0.05, 0.1) is 0 Å². The van der Waals surface area contributed by atoms with Gasteiger partial charge in [0, 0.05) is 12.2 Å². The van der Waals surface area contributed by atoms with Crippen molar-refractivity contribution in [2.45, 2.75) is 46.1 Å². The summed E-state index contributed by atoms with van der Waals surface area (Å²) in [5, 5.41) is 7.12. The van der Waals surface area contributed by atoms with Crippen LogP contribution in [0, 0.1) is 0 Å². The molecule has 2 N–H and O–H groups in total. The van der Waals surface area contributed by atoms with Gasteiger partial charge in [-0.15, -0.1) is 0 Å². The second-order valence-corrected chi connectivity index (χ2v) is 7.21. The third-order valence-electron chi connectivity index (χ3n) is 3.89. The molecule has 3 heteroatoms. The minimum atomic E-state index is 0.188. The lowest BCUT2D eigenvalue weighted by Crippen LogP contribution is -2.27. The molecule has 0 fully saturated rings. The first-order chi connectivity index (χ1) is 10.9. The van der Waals surface area contributed by atoms with Gasteiger partial charge in [0.2, 0.25) is 0 Å². The molecule has 0 aromatic heterocycles. The molecule has 0 radical (unpaired) electrons. The van der Waals surface area contributed by atoms with Crippen LogP contribution in [0.25, 0.3) is 0 Å². The zero-order valence-corrected chi connectivity index (χ0v) is 15.3. The number of hydrogen-bond acceptors (Lipinski definition) is 1. The molecule has 0 amide bonds. The Kier molecular flexibility index (Phi) is 5.78. The molecule has 0 heterocycles. The molecule has 0 atom stereocenters. The Morgan fingerprint density at radius 1 is 0.913 bits per heavy atom. The van der Waals surface area contributed by atoms with Crippen LogP contribution < -0.4 is 10.6 Å². The highest BCUT2D eigenvalue weighted by Crippen LogP contribution is 2.22. The number of anilines is 1. The second-order valence-electron chi connectivity index (χ2n) is 6.81. The van der Waals surface area contributed by atoms with Crippen LogP contribution in [0.15, 0.2) is 48.5 Å². The Balaban J connectivity index is 1.86. The van der Waals surface area contributed by atoms with Crippen molar-refractivity contribution in [3.63, 3.8) is 0 Å². The summed E-state index contributed by atoms with van der Waals surface area (Å²) >= 11 is 5.36. The molecule has 2 nitrogen and oxygen atoms in total. The average Bonchev–Trinajstić information content (AvgIpc) is 2.53. The molecular formula is C20H26N2S. The number of rotatable bonds is 4. The van der Waals surface area contributed by atoms with Crippen LogP contribution in [0.5, 0.6) is 0 Å². The van der Waals surface area contributed by atoms with Crippen molar-refractivity contribution in [1.82, 2.24) is 5.32 Å². The molecule has 0 bridgehead atoms. The molecule has 0 saturated heterocycles. The first-order valence-electron chi connectivity index (χ1n) is 8.11. The predicted molar refractivity (Wildman–Crippen MR) is 104 cm³/mol. The van der Waals surface area contributed by atoms with E-state index in [0.717, 1.165) is 18.7 Å². The lowest BCUT2D eigenvalue weighted by molar-refractivity contribution is 0.590. The Morgan fingerprint density at radius 2 is 1.48 bits per heavy atom. The quantitative estimate of drug-likeness (QED) is 0.770. The summed E-state index contributed by atoms with van der Waals surface area (Å²) in [5.41, 5.74) is 5.10. The minimum absolute atomic E-state index is 0.188. The van der Waals surface area contributed by atoms with Crippen LogP contribution in [0.1, 0.15) is 44.4 Å². The summed E-state index contributed by atoms with van der Waals surface area (Å²) in [4.78, 5) is 0. The molecule has 23 heavy (non-hydrogen) atoms. The van der Waals surface area contributed by atoms with Crippen molar-refractivity contribution >= 4 is 23.0 Å². The van der Waals surface area contributed by atoms with Gasteiger partial charge in [-0.3, -0.25) is 0 Å². The van der Waals surface area contributed by atoms with Crippen molar-refractivity contribution in [1.29, 1.82) is 0 Å². The van der Waals surface area contributed by atoms with E-state index in [1.165, 1.54) is 16.7 Å². The molecule has 2 aromatic carbocycles. The third kappa shape index (κ3) is 5.36. The van der Waals surface area contributed by atoms with E-state index in [1.54, 1.807) is 0 Å². The minimum Gasteiger partial charge on any atom is -0.358 e. The first-order valence-corrected chi connectivity index (χ1v) is 8.52. The molecular weight excluding hydrogens is 300 g/mol. The molecule has 0 unspecified atom stereocenters. The van der Waals surface area contributed by atoms with Crippen LogP contribution >= 0.6 is 12.2 Å². The fourth-order valence-electron chi connectivity index (χ4n) is 2.30. The van der Waals surface area contributed by atoms with Crippen LogP contribution in [0.2, 0.25) is 0 Å². The SMILES string of the molecule is CCc1ccc(NC(=S)NCc2ccc(C(C)(C)C)cc2)cc1. The van der Waals surface area contributed by atoms with Gasteiger partial charge in [-0.25, -0.2) is 0 Å². The van der Waals surface area contributed by atoms with Gasteiger partial charge >= 0.3 is 0 Å². The molecule has 0 aliphatic rings. The summed E-state index contributed by atoms with van der Waals surface area (Å²) in [7, 11) is 0. The van der Waals surface area contributed by atoms with Crippen molar-refractivity contribution in [3.8, 4) is 0 Å². The van der Waals surface area contributed by atoms with Crippen molar-refractivity contribution in [3.05, 3.63) is 65.2 Å². The monoisotopic (exact) mass is 326 g/mol. The van der Waals surface area contributed by atoms with Gasteiger partial charge in [-0.05, 0) is 52.9 Å². The first kappa shape index (κ1) is 17.5. The number of nitrogens with one attached hydrogen (secondary N) is 2. The molecule has 0 aliphatic heterocycles. The standard InChI is InChI=1S/C20H26N2S/c1-5-15-8-12-18(13-9-15)22-19(23)21-14-16-6-10-17(11-7-16)20(2,3)4/h6-13H,5,14H2,1-4H3,(H2,21,22,23). The number of thiocarbonyl (C=S) groups is 1. The van der Waals surface area contributed by atoms with Crippen molar-refractivity contribution in [2.75, 3.05) is 5.32 Å². The highest BCUT2D eigenvalue weighted by atomic mass is 32.1. The topological polar surface area (TPSA) is 24.1 Å². The van der Waals surface area contributed by atoms with Crippen LogP contribution in [-0.4, -0.2) is 5.11 Å². The van der Waals surface area contributed by atoms with E-state index in [4.69, 9.17) is 12.2 Å². The smallest absolute Gasteiger partial charge is 0.171 e. The van der Waals surface area contributed by atoms with Gasteiger partial charge < -0.3 is 10.6 Å². The molecule has 2 rings (SSSR count). The normalized spacial score (nSPS) is 11.1. The molecule has 0 saturated carbocycles. The van der Waals surface area contributed by atoms with E-state index in [0.29, 0.717) is 5.11 Å². The van der Waals surface area contributed by atoms with Gasteiger partial charge in [-0.1, -0.05) is 64.1 Å². The maximum absolute atomic E-state index is 5.36. The highest BCUT2D eigenvalue weighted by molar-refractivity contribution is 7.80. The van der Waals surface area contributed by atoms with E-state index in [1.807, 2.05) is 0 Å². The summed E-state index contributed by atoms with van der Waals surface area (Å²) in [5.74, 6) is 0. The van der Waals surface area contributed by atoms with E-state index in [-0.39, 0.29) is 5.41 Å². The van der Waals surface area contributed by atoms with Gasteiger partial charge in [0.15, 0.2) is 5.11 Å². The fraction of sp³-hybridized carbons (Fsp3) is 0.350. The maximum Gasteiger partial charge on any atom is 0.171 e. The summed E-state index contributed by atoms with van der Waals surface area (Å²) in [6.45, 7) is 9.55. The largest absolute Gasteiger partial charge is 0.358 e. The van der Waals surface area contributed by atoms with E-state index in [2.05, 4.69) is 86.9 Å². The zero-order chi connectivity index (χ0) is 16.9. The maximum atomic E-state index is 5.36. The van der Waals surface area contributed by atoms with Gasteiger partial charge in [-0.2, -0.15) is 0 Å². The Hall–Kier alpha value is -1.87. The Bertz CT molecular complexity index is 637. The summed E-state index contributed by atoms with van der Waals surface area (Å²) in [6.07, 6.45) is 1.05. The van der Waals surface area contributed by atoms with E-state index in [9.17, 15) is 0 Å². The Labute approximate surface area is 145 Å². The molecule has 122 valence electrons. The van der Waals surface area contributed by atoms with E-state index >= 15 is 0 Å². The number of aryl methyl sites for hydroxylation is 1. The zero-order valence-electron chi connectivity index (χ0n) is 14.4. The van der Waals surface area contributed by atoms with Crippen LogP contribution in [0.4, 0.5) is 5.69 Å². The number of benzene rings is 2. The summed E-state index contributed by atoms with van der Waals surface area (Å²) in [6, 6.07) is 17.1. The van der Waals surface area contributed by atoms with E-state index < -0.39 is 0 Å². The van der Waals surface area contributed by atoms with Gasteiger partial charge in [0.1, 0.15) is 0 Å². The fourth-order valence-corrected chi connectivity index (χ4v) is 2.49. The Morgan fingerprint density at radius 3 is 2.00 bits per heavy atom. The van der Waals surface area contributed by atoms with Crippen molar-refractivity contribution < 1.29 is 0 Å². The third-order valence-corrected chi connectivity index (χ3v) is 4.14. The lowest BCUT2D eigenvalue weighted by Gasteiger charge is -2.19. The average molecular weight is 327 g/mol. The highest BCUT2D eigenvalue weighted by Gasteiger charge is 2.12. The second kappa shape index (κ2) is 7.60. The van der Waals surface area contributed by atoms with Crippen LogP contribution in [0.3, 0.4) is 0 Å². The number of hydrogen-bond donors (Lipinski definition) is 2. The molecule has 0 aliphatic carbocycles. The molecule has 0 spiro atoms.